The molecule has 3 aromatic rings. The van der Waals surface area contributed by atoms with Gasteiger partial charge in [-0.3, -0.25) is 4.72 Å². The number of nitrogens with one attached hydrogen (secondary N) is 1. The van der Waals surface area contributed by atoms with Crippen molar-refractivity contribution < 1.29 is 12.8 Å². The summed E-state index contributed by atoms with van der Waals surface area (Å²) >= 11 is 0. The fourth-order valence-corrected chi connectivity index (χ4v) is 3.01. The quantitative estimate of drug-likeness (QED) is 0.787. The van der Waals surface area contributed by atoms with Gasteiger partial charge in [-0.2, -0.15) is 0 Å². The first kappa shape index (κ1) is 15.6. The van der Waals surface area contributed by atoms with Crippen molar-refractivity contribution in [2.45, 2.75) is 19.1 Å². The monoisotopic (exact) mass is 332 g/mol. The van der Waals surface area contributed by atoms with Crippen LogP contribution in [0.25, 0.3) is 16.6 Å². The van der Waals surface area contributed by atoms with Crippen molar-refractivity contribution in [2.75, 3.05) is 4.72 Å². The molecule has 0 amide bonds. The van der Waals surface area contributed by atoms with E-state index in [1.807, 2.05) is 22.9 Å². The summed E-state index contributed by atoms with van der Waals surface area (Å²) in [5.74, 6) is -0.282. The van der Waals surface area contributed by atoms with E-state index in [0.717, 1.165) is 16.6 Å². The molecule has 1 aromatic heterocycles. The van der Waals surface area contributed by atoms with Crippen molar-refractivity contribution in [2.24, 2.45) is 0 Å². The number of nitrogens with zero attached hydrogens (tertiary/aromatic N) is 1. The lowest BCUT2D eigenvalue weighted by Gasteiger charge is -2.11. The molecule has 4 nitrogen and oxygen atoms in total. The van der Waals surface area contributed by atoms with E-state index in [-0.39, 0.29) is 5.82 Å². The van der Waals surface area contributed by atoms with Gasteiger partial charge in [0.1, 0.15) is 5.82 Å². The zero-order valence-corrected chi connectivity index (χ0v) is 13.6. The predicted octanol–water partition coefficient (Wildman–Crippen LogP) is 3.92. The SMILES string of the molecule is CC(C)S(=O)(=O)Nc1ccc2c(ccn2-c2ccc(F)cc2)c1. The van der Waals surface area contributed by atoms with E-state index in [4.69, 9.17) is 0 Å². The van der Waals surface area contributed by atoms with E-state index in [1.54, 1.807) is 38.1 Å². The lowest BCUT2D eigenvalue weighted by atomic mass is 10.2. The fourth-order valence-electron chi connectivity index (χ4n) is 2.31. The normalized spacial score (nSPS) is 12.0. The lowest BCUT2D eigenvalue weighted by Crippen LogP contribution is -2.22. The third kappa shape index (κ3) is 3.07. The highest BCUT2D eigenvalue weighted by molar-refractivity contribution is 7.93. The van der Waals surface area contributed by atoms with Crippen LogP contribution in [0.1, 0.15) is 13.8 Å². The van der Waals surface area contributed by atoms with Gasteiger partial charge in [-0.1, -0.05) is 0 Å². The molecular weight excluding hydrogens is 315 g/mol. The maximum Gasteiger partial charge on any atom is 0.235 e. The summed E-state index contributed by atoms with van der Waals surface area (Å²) in [6.07, 6.45) is 1.87. The first-order valence-corrected chi connectivity index (χ1v) is 8.80. The molecule has 0 saturated heterocycles. The van der Waals surface area contributed by atoms with E-state index in [1.165, 1.54) is 12.1 Å². The maximum atomic E-state index is 13.0. The van der Waals surface area contributed by atoms with Crippen LogP contribution >= 0.6 is 0 Å². The molecule has 0 aliphatic carbocycles. The third-order valence-electron chi connectivity index (χ3n) is 3.68. The Kier molecular flexibility index (Phi) is 3.85. The molecule has 0 atom stereocenters. The van der Waals surface area contributed by atoms with Gasteiger partial charge in [0.2, 0.25) is 10.0 Å². The van der Waals surface area contributed by atoms with Crippen molar-refractivity contribution in [1.29, 1.82) is 0 Å². The van der Waals surface area contributed by atoms with Gasteiger partial charge in [-0.05, 0) is 62.4 Å². The molecule has 23 heavy (non-hydrogen) atoms. The van der Waals surface area contributed by atoms with Crippen molar-refractivity contribution in [3.8, 4) is 5.69 Å². The highest BCUT2D eigenvalue weighted by Gasteiger charge is 2.16. The van der Waals surface area contributed by atoms with Crippen molar-refractivity contribution >= 4 is 26.6 Å². The van der Waals surface area contributed by atoms with Crippen LogP contribution in [0, 0.1) is 5.82 Å². The molecule has 0 aliphatic rings. The van der Waals surface area contributed by atoms with Crippen LogP contribution < -0.4 is 4.72 Å². The number of sulfonamides is 1. The molecule has 0 saturated carbocycles. The van der Waals surface area contributed by atoms with Gasteiger partial charge in [0.05, 0.1) is 10.8 Å². The number of anilines is 1. The van der Waals surface area contributed by atoms with Gasteiger partial charge < -0.3 is 4.57 Å². The van der Waals surface area contributed by atoms with Gasteiger partial charge in [-0.15, -0.1) is 0 Å². The minimum Gasteiger partial charge on any atom is -0.317 e. The Hall–Kier alpha value is -2.34. The summed E-state index contributed by atoms with van der Waals surface area (Å²) in [7, 11) is -3.37. The molecule has 1 N–H and O–H groups in total. The number of hydrogen-bond donors (Lipinski definition) is 1. The van der Waals surface area contributed by atoms with E-state index in [2.05, 4.69) is 4.72 Å². The molecule has 0 bridgehead atoms. The summed E-state index contributed by atoms with van der Waals surface area (Å²) in [4.78, 5) is 0. The van der Waals surface area contributed by atoms with Gasteiger partial charge >= 0.3 is 0 Å². The third-order valence-corrected chi connectivity index (χ3v) is 5.44. The topological polar surface area (TPSA) is 51.1 Å². The van der Waals surface area contributed by atoms with Gasteiger partial charge in [0.25, 0.3) is 0 Å². The number of rotatable bonds is 4. The van der Waals surface area contributed by atoms with Crippen molar-refractivity contribution in [3.63, 3.8) is 0 Å². The average molecular weight is 332 g/mol. The molecule has 120 valence electrons. The van der Waals surface area contributed by atoms with Crippen LogP contribution in [0.5, 0.6) is 0 Å². The Bertz CT molecular complexity index is 944. The molecule has 0 spiro atoms. The summed E-state index contributed by atoms with van der Waals surface area (Å²) in [6, 6.07) is 13.5. The number of aromatic nitrogens is 1. The maximum absolute atomic E-state index is 13.0. The Morgan fingerprint density at radius 1 is 1.04 bits per heavy atom. The fraction of sp³-hybridized carbons (Fsp3) is 0.176. The number of benzene rings is 2. The Morgan fingerprint density at radius 2 is 1.74 bits per heavy atom. The van der Waals surface area contributed by atoms with Crippen molar-refractivity contribution in [3.05, 3.63) is 60.5 Å². The molecule has 0 unspecified atom stereocenters. The predicted molar refractivity (Wildman–Crippen MR) is 90.9 cm³/mol. The van der Waals surface area contributed by atoms with Crippen LogP contribution in [0.2, 0.25) is 0 Å². The van der Waals surface area contributed by atoms with Gasteiger partial charge in [-0.25, -0.2) is 12.8 Å². The van der Waals surface area contributed by atoms with E-state index in [0.29, 0.717) is 5.69 Å². The number of hydrogen-bond acceptors (Lipinski definition) is 2. The standard InChI is InChI=1S/C17H17FN2O2S/c1-12(2)23(21,22)19-15-5-8-17-13(11-15)9-10-20(17)16-6-3-14(18)4-7-16/h3-12,19H,1-2H3. The molecular formula is C17H17FN2O2S. The average Bonchev–Trinajstić information content (AvgIpc) is 2.90. The van der Waals surface area contributed by atoms with Gasteiger partial charge in [0.15, 0.2) is 0 Å². The smallest absolute Gasteiger partial charge is 0.235 e. The second-order valence-corrected chi connectivity index (χ2v) is 7.87. The highest BCUT2D eigenvalue weighted by atomic mass is 32.2. The summed E-state index contributed by atoms with van der Waals surface area (Å²) in [6.45, 7) is 3.26. The van der Waals surface area contributed by atoms with E-state index < -0.39 is 15.3 Å². The molecule has 0 aliphatic heterocycles. The molecule has 6 heteroatoms. The number of fused-ring (bicyclic) bond motifs is 1. The number of halogens is 1. The molecule has 2 aromatic carbocycles. The van der Waals surface area contributed by atoms with Gasteiger partial charge in [0, 0.05) is 23.0 Å². The Labute approximate surface area is 134 Å². The molecule has 3 rings (SSSR count). The van der Waals surface area contributed by atoms with Crippen molar-refractivity contribution in [1.82, 2.24) is 4.57 Å². The van der Waals surface area contributed by atoms with Crippen LogP contribution in [0.3, 0.4) is 0 Å². The summed E-state index contributed by atoms with van der Waals surface area (Å²) in [5.41, 5.74) is 2.30. The molecule has 1 heterocycles. The Morgan fingerprint density at radius 3 is 2.39 bits per heavy atom. The Balaban J connectivity index is 1.99. The lowest BCUT2D eigenvalue weighted by molar-refractivity contribution is 0.593. The first-order chi connectivity index (χ1) is 10.9. The first-order valence-electron chi connectivity index (χ1n) is 7.25. The van der Waals surface area contributed by atoms with E-state index >= 15 is 0 Å². The molecule has 0 fully saturated rings. The van der Waals surface area contributed by atoms with Crippen LogP contribution in [-0.4, -0.2) is 18.2 Å². The summed E-state index contributed by atoms with van der Waals surface area (Å²) < 4.78 is 41.4. The van der Waals surface area contributed by atoms with Crippen LogP contribution in [0.4, 0.5) is 10.1 Å². The zero-order chi connectivity index (χ0) is 16.6. The second kappa shape index (κ2) is 5.70. The second-order valence-electron chi connectivity index (χ2n) is 5.63. The largest absolute Gasteiger partial charge is 0.317 e. The minimum absolute atomic E-state index is 0.282. The van der Waals surface area contributed by atoms with Crippen LogP contribution in [0.15, 0.2) is 54.7 Å². The highest BCUT2D eigenvalue weighted by Crippen LogP contribution is 2.24. The zero-order valence-electron chi connectivity index (χ0n) is 12.8. The van der Waals surface area contributed by atoms with Crippen LogP contribution in [-0.2, 0) is 10.0 Å². The minimum atomic E-state index is -3.37. The summed E-state index contributed by atoms with van der Waals surface area (Å²) in [5, 5.41) is 0.403. The molecule has 0 radical (unpaired) electrons. The van der Waals surface area contributed by atoms with E-state index in [9.17, 15) is 12.8 Å².